The standard InChI is InChI=1S/C29H55NO3/c1-3-5-7-9-11-12-13-14-16-17-19-21-25-23-26(25)29(33)27(24-31)30-28(32)22-20-18-15-10-8-6-4-2/h27,29,31,33H,3-24H2,1-2H3,(H,30,32)/t27-,29+/m0/s1. The molecule has 0 saturated heterocycles. The number of unbranched alkanes of at least 4 members (excludes halogenated alkanes) is 16. The first-order chi connectivity index (χ1) is 16.1. The number of hydrogen-bond donors (Lipinski definition) is 3. The molecule has 0 aromatic rings. The van der Waals surface area contributed by atoms with Crippen LogP contribution in [-0.2, 0) is 4.79 Å². The molecular weight excluding hydrogens is 410 g/mol. The minimum atomic E-state index is -0.726. The number of carbonyl (C=O) groups excluding carboxylic acids is 1. The molecule has 0 aliphatic heterocycles. The lowest BCUT2D eigenvalue weighted by atomic mass is 10.0. The van der Waals surface area contributed by atoms with Crippen LogP contribution >= 0.6 is 0 Å². The number of rotatable bonds is 24. The number of nitrogens with one attached hydrogen (secondary N) is 1. The Morgan fingerprint density at radius 1 is 0.758 bits per heavy atom. The third kappa shape index (κ3) is 15.6. The lowest BCUT2D eigenvalue weighted by molar-refractivity contribution is -0.123. The Balaban J connectivity index is 2.08. The maximum Gasteiger partial charge on any atom is 0.220 e. The molecule has 0 heterocycles. The van der Waals surface area contributed by atoms with Crippen molar-refractivity contribution in [1.82, 2.24) is 5.32 Å². The van der Waals surface area contributed by atoms with Gasteiger partial charge in [-0.2, -0.15) is 0 Å². The third-order valence-electron chi connectivity index (χ3n) is 7.10. The van der Waals surface area contributed by atoms with E-state index in [1.54, 1.807) is 0 Å². The van der Waals surface area contributed by atoms with Gasteiger partial charge in [0.2, 0.25) is 5.91 Å². The number of carbonyl (C=O) groups is 1. The van der Waals surface area contributed by atoms with Crippen molar-refractivity contribution >= 4 is 5.91 Å². The monoisotopic (exact) mass is 465 g/mol. The first-order valence-corrected chi connectivity index (χ1v) is 14.4. The first-order valence-electron chi connectivity index (χ1n) is 14.4. The zero-order valence-corrected chi connectivity index (χ0v) is 22.0. The molecule has 0 spiro atoms. The summed E-state index contributed by atoms with van der Waals surface area (Å²) in [6, 6.07) is -0.563. The van der Waals surface area contributed by atoms with Gasteiger partial charge >= 0.3 is 0 Å². The van der Waals surface area contributed by atoms with Crippen molar-refractivity contribution in [2.24, 2.45) is 0 Å². The molecule has 0 aromatic carbocycles. The summed E-state index contributed by atoms with van der Waals surface area (Å²) >= 11 is 0. The summed E-state index contributed by atoms with van der Waals surface area (Å²) in [5.41, 5.74) is 2.40. The van der Waals surface area contributed by atoms with E-state index in [1.165, 1.54) is 108 Å². The van der Waals surface area contributed by atoms with E-state index in [4.69, 9.17) is 0 Å². The molecule has 4 heteroatoms. The maximum absolute atomic E-state index is 12.2. The summed E-state index contributed by atoms with van der Waals surface area (Å²) in [6.07, 6.45) is 24.7. The van der Waals surface area contributed by atoms with Gasteiger partial charge in [-0.15, -0.1) is 0 Å². The van der Waals surface area contributed by atoms with Gasteiger partial charge in [0.1, 0.15) is 0 Å². The Kier molecular flexibility index (Phi) is 18.7. The van der Waals surface area contributed by atoms with Crippen LogP contribution in [0.1, 0.15) is 149 Å². The average Bonchev–Trinajstić information content (AvgIpc) is 3.59. The maximum atomic E-state index is 12.2. The SMILES string of the molecule is CCCCCCCCCCCCCC1=C([C@@H](O)[C@H](CO)NC(=O)CCCCCCCCC)C1. The van der Waals surface area contributed by atoms with E-state index in [1.807, 2.05) is 0 Å². The molecule has 0 radical (unpaired) electrons. The predicted octanol–water partition coefficient (Wildman–Crippen LogP) is 7.37. The van der Waals surface area contributed by atoms with Gasteiger partial charge in [-0.1, -0.05) is 122 Å². The Morgan fingerprint density at radius 3 is 1.70 bits per heavy atom. The summed E-state index contributed by atoms with van der Waals surface area (Å²) in [5, 5.41) is 23.1. The highest BCUT2D eigenvalue weighted by atomic mass is 16.3. The molecule has 0 bridgehead atoms. The fourth-order valence-electron chi connectivity index (χ4n) is 4.74. The summed E-state index contributed by atoms with van der Waals surface area (Å²) in [5.74, 6) is -0.0465. The molecule has 2 atom stereocenters. The minimum absolute atomic E-state index is 0.0465. The Labute approximate surface area is 205 Å². The van der Waals surface area contributed by atoms with Crippen LogP contribution in [-0.4, -0.2) is 34.9 Å². The first kappa shape index (κ1) is 30.2. The molecule has 0 fully saturated rings. The van der Waals surface area contributed by atoms with Crippen molar-refractivity contribution in [2.75, 3.05) is 6.61 Å². The Bertz CT molecular complexity index is 517. The molecule has 0 saturated carbocycles. The van der Waals surface area contributed by atoms with E-state index in [0.717, 1.165) is 31.3 Å². The van der Waals surface area contributed by atoms with Gasteiger partial charge in [0.15, 0.2) is 0 Å². The highest BCUT2D eigenvalue weighted by Crippen LogP contribution is 2.38. The fraction of sp³-hybridized carbons (Fsp3) is 0.897. The second-order valence-electron chi connectivity index (χ2n) is 10.3. The molecule has 4 nitrogen and oxygen atoms in total. The Hall–Kier alpha value is -0.870. The summed E-state index contributed by atoms with van der Waals surface area (Å²) in [7, 11) is 0. The molecular formula is C29H55NO3. The number of hydrogen-bond acceptors (Lipinski definition) is 3. The zero-order chi connectivity index (χ0) is 24.2. The lowest BCUT2D eigenvalue weighted by Gasteiger charge is -2.20. The molecule has 0 aromatic heterocycles. The van der Waals surface area contributed by atoms with Gasteiger partial charge in [-0.25, -0.2) is 0 Å². The van der Waals surface area contributed by atoms with Crippen LogP contribution in [0.2, 0.25) is 0 Å². The van der Waals surface area contributed by atoms with Crippen LogP contribution < -0.4 is 5.32 Å². The quantitative estimate of drug-likeness (QED) is 0.103. The van der Waals surface area contributed by atoms with E-state index in [0.29, 0.717) is 6.42 Å². The van der Waals surface area contributed by atoms with Gasteiger partial charge < -0.3 is 15.5 Å². The van der Waals surface area contributed by atoms with E-state index in [-0.39, 0.29) is 12.5 Å². The second-order valence-corrected chi connectivity index (χ2v) is 10.3. The van der Waals surface area contributed by atoms with E-state index < -0.39 is 12.1 Å². The Morgan fingerprint density at radius 2 is 1.21 bits per heavy atom. The molecule has 1 amide bonds. The van der Waals surface area contributed by atoms with Crippen LogP contribution in [0.5, 0.6) is 0 Å². The molecule has 1 aliphatic rings. The number of amides is 1. The van der Waals surface area contributed by atoms with Gasteiger partial charge in [-0.05, 0) is 31.3 Å². The van der Waals surface area contributed by atoms with E-state index in [9.17, 15) is 15.0 Å². The third-order valence-corrected chi connectivity index (χ3v) is 7.10. The van der Waals surface area contributed by atoms with Crippen molar-refractivity contribution in [3.63, 3.8) is 0 Å². The van der Waals surface area contributed by atoms with Crippen molar-refractivity contribution in [3.05, 3.63) is 11.1 Å². The predicted molar refractivity (Wildman–Crippen MR) is 140 cm³/mol. The van der Waals surface area contributed by atoms with Gasteiger partial charge in [0.05, 0.1) is 18.8 Å². The molecule has 1 rings (SSSR count). The summed E-state index contributed by atoms with van der Waals surface area (Å²) in [6.45, 7) is 4.28. The number of aliphatic hydroxyl groups is 2. The van der Waals surface area contributed by atoms with Crippen molar-refractivity contribution in [1.29, 1.82) is 0 Å². The number of aliphatic hydroxyl groups excluding tert-OH is 2. The van der Waals surface area contributed by atoms with Crippen LogP contribution in [0, 0.1) is 0 Å². The highest BCUT2D eigenvalue weighted by molar-refractivity contribution is 5.76. The van der Waals surface area contributed by atoms with Gasteiger partial charge in [-0.3, -0.25) is 4.79 Å². The van der Waals surface area contributed by atoms with E-state index in [2.05, 4.69) is 19.2 Å². The number of allylic oxidation sites excluding steroid dienone is 1. The van der Waals surface area contributed by atoms with Crippen LogP contribution in [0.25, 0.3) is 0 Å². The van der Waals surface area contributed by atoms with Crippen LogP contribution in [0.15, 0.2) is 11.1 Å². The van der Waals surface area contributed by atoms with Gasteiger partial charge in [0, 0.05) is 6.42 Å². The van der Waals surface area contributed by atoms with E-state index >= 15 is 0 Å². The molecule has 33 heavy (non-hydrogen) atoms. The fourth-order valence-corrected chi connectivity index (χ4v) is 4.74. The minimum Gasteiger partial charge on any atom is -0.394 e. The normalized spacial score (nSPS) is 15.0. The van der Waals surface area contributed by atoms with Crippen molar-refractivity contribution < 1.29 is 15.0 Å². The smallest absolute Gasteiger partial charge is 0.220 e. The van der Waals surface area contributed by atoms with Crippen molar-refractivity contribution in [3.8, 4) is 0 Å². The molecule has 1 aliphatic carbocycles. The highest BCUT2D eigenvalue weighted by Gasteiger charge is 2.33. The molecule has 0 unspecified atom stereocenters. The largest absolute Gasteiger partial charge is 0.394 e. The zero-order valence-electron chi connectivity index (χ0n) is 22.0. The summed E-state index contributed by atoms with van der Waals surface area (Å²) in [4.78, 5) is 12.2. The topological polar surface area (TPSA) is 69.6 Å². The van der Waals surface area contributed by atoms with Crippen molar-refractivity contribution in [2.45, 2.75) is 161 Å². The lowest BCUT2D eigenvalue weighted by Crippen LogP contribution is -2.45. The average molecular weight is 466 g/mol. The van der Waals surface area contributed by atoms with Crippen LogP contribution in [0.3, 0.4) is 0 Å². The van der Waals surface area contributed by atoms with Crippen LogP contribution in [0.4, 0.5) is 0 Å². The molecule has 3 N–H and O–H groups in total. The van der Waals surface area contributed by atoms with Gasteiger partial charge in [0.25, 0.3) is 0 Å². The second kappa shape index (κ2) is 20.5. The molecule has 194 valence electrons. The summed E-state index contributed by atoms with van der Waals surface area (Å²) < 4.78 is 0.